The van der Waals surface area contributed by atoms with E-state index in [0.717, 1.165) is 10.7 Å². The number of carbonyl (C=O) groups is 2. The van der Waals surface area contributed by atoms with Crippen molar-refractivity contribution in [2.45, 2.75) is 46.7 Å². The molecule has 1 fully saturated rings. The van der Waals surface area contributed by atoms with Crippen molar-refractivity contribution in [1.82, 2.24) is 14.8 Å². The fourth-order valence-electron chi connectivity index (χ4n) is 2.65. The highest BCUT2D eigenvalue weighted by molar-refractivity contribution is 7.09. The highest BCUT2D eigenvalue weighted by Crippen LogP contribution is 2.22. The zero-order valence-corrected chi connectivity index (χ0v) is 13.9. The number of aryl methyl sites for hydroxylation is 1. The van der Waals surface area contributed by atoms with Crippen LogP contribution in [0.15, 0.2) is 5.38 Å². The minimum absolute atomic E-state index is 0.0211. The van der Waals surface area contributed by atoms with Crippen LogP contribution in [0.25, 0.3) is 0 Å². The van der Waals surface area contributed by atoms with Gasteiger partial charge in [-0.15, -0.1) is 11.3 Å². The monoisotopic (exact) mass is 309 g/mol. The second-order valence-electron chi connectivity index (χ2n) is 5.88. The molecular weight excluding hydrogens is 286 g/mol. The second-order valence-corrected chi connectivity index (χ2v) is 6.94. The van der Waals surface area contributed by atoms with Crippen LogP contribution in [-0.4, -0.2) is 45.7 Å². The molecule has 0 aromatic carbocycles. The Balaban J connectivity index is 2.22. The lowest BCUT2D eigenvalue weighted by Crippen LogP contribution is -2.59. The van der Waals surface area contributed by atoms with Gasteiger partial charge in [0.05, 0.1) is 23.8 Å². The van der Waals surface area contributed by atoms with E-state index in [-0.39, 0.29) is 24.4 Å². The van der Waals surface area contributed by atoms with Crippen LogP contribution < -0.4 is 0 Å². The van der Waals surface area contributed by atoms with Gasteiger partial charge in [0.25, 0.3) is 0 Å². The maximum atomic E-state index is 12.6. The number of carbonyl (C=O) groups excluding carboxylic acids is 2. The molecule has 2 amide bonds. The average molecular weight is 309 g/mol. The number of hydrogen-bond acceptors (Lipinski definition) is 4. The van der Waals surface area contributed by atoms with E-state index in [0.29, 0.717) is 25.4 Å². The van der Waals surface area contributed by atoms with Crippen LogP contribution in [0.4, 0.5) is 0 Å². The maximum absolute atomic E-state index is 12.6. The molecule has 0 aliphatic carbocycles. The van der Waals surface area contributed by atoms with Crippen LogP contribution in [0, 0.1) is 12.8 Å². The maximum Gasteiger partial charge on any atom is 0.245 e. The number of hydrogen-bond donors (Lipinski definition) is 0. The molecule has 1 aromatic rings. The molecule has 0 radical (unpaired) electrons. The summed E-state index contributed by atoms with van der Waals surface area (Å²) in [7, 11) is 0. The van der Waals surface area contributed by atoms with E-state index >= 15 is 0 Å². The lowest BCUT2D eigenvalue weighted by molar-refractivity contribution is -0.157. The standard InChI is InChI=1S/C15H23N3O2S/c1-5-17-8-14(19)18(7-12-9-21-11(4)16-12)13(15(17)20)6-10(2)3/h9-10,13H,5-8H2,1-4H3/t13-/m0/s1. The Labute approximate surface area is 130 Å². The van der Waals surface area contributed by atoms with Crippen LogP contribution in [-0.2, 0) is 16.1 Å². The Hall–Kier alpha value is -1.43. The number of nitrogens with zero attached hydrogens (tertiary/aromatic N) is 3. The van der Waals surface area contributed by atoms with E-state index in [4.69, 9.17) is 0 Å². The first kappa shape index (κ1) is 15.9. The molecule has 1 aliphatic heterocycles. The van der Waals surface area contributed by atoms with Gasteiger partial charge in [-0.25, -0.2) is 4.98 Å². The molecule has 0 unspecified atom stereocenters. The fraction of sp³-hybridized carbons (Fsp3) is 0.667. The highest BCUT2D eigenvalue weighted by Gasteiger charge is 2.38. The zero-order chi connectivity index (χ0) is 15.6. The molecule has 0 saturated carbocycles. The van der Waals surface area contributed by atoms with Gasteiger partial charge in [-0.3, -0.25) is 9.59 Å². The summed E-state index contributed by atoms with van der Waals surface area (Å²) in [5.74, 6) is 0.453. The molecule has 0 N–H and O–H groups in total. The normalized spacial score (nSPS) is 19.8. The van der Waals surface area contributed by atoms with Crippen LogP contribution in [0.3, 0.4) is 0 Å². The average Bonchev–Trinajstić information content (AvgIpc) is 2.82. The van der Waals surface area contributed by atoms with E-state index in [2.05, 4.69) is 18.8 Å². The summed E-state index contributed by atoms with van der Waals surface area (Å²) in [6.45, 7) is 9.22. The zero-order valence-electron chi connectivity index (χ0n) is 13.1. The van der Waals surface area contributed by atoms with Crippen molar-refractivity contribution in [3.05, 3.63) is 16.1 Å². The molecular formula is C15H23N3O2S. The van der Waals surface area contributed by atoms with Crippen LogP contribution in [0.1, 0.15) is 37.9 Å². The fourth-order valence-corrected chi connectivity index (χ4v) is 3.25. The van der Waals surface area contributed by atoms with Gasteiger partial charge in [-0.2, -0.15) is 0 Å². The van der Waals surface area contributed by atoms with Crippen molar-refractivity contribution in [2.75, 3.05) is 13.1 Å². The molecule has 2 heterocycles. The quantitative estimate of drug-likeness (QED) is 0.836. The Morgan fingerprint density at radius 3 is 2.67 bits per heavy atom. The van der Waals surface area contributed by atoms with E-state index in [9.17, 15) is 9.59 Å². The number of likely N-dealkylation sites (N-methyl/N-ethyl adjacent to an activating group) is 1. The summed E-state index contributed by atoms with van der Waals surface area (Å²) in [5, 5.41) is 2.95. The molecule has 5 nitrogen and oxygen atoms in total. The van der Waals surface area contributed by atoms with Crippen LogP contribution in [0.2, 0.25) is 0 Å². The van der Waals surface area contributed by atoms with Crippen molar-refractivity contribution < 1.29 is 9.59 Å². The first-order valence-corrected chi connectivity index (χ1v) is 8.29. The van der Waals surface area contributed by atoms with Gasteiger partial charge in [0.15, 0.2) is 0 Å². The molecule has 6 heteroatoms. The Morgan fingerprint density at radius 2 is 2.14 bits per heavy atom. The SMILES string of the molecule is CCN1CC(=O)N(Cc2csc(C)n2)[C@@H](CC(C)C)C1=O. The number of thiazole rings is 1. The third-order valence-corrected chi connectivity index (χ3v) is 4.52. The Bertz CT molecular complexity index is 527. The summed E-state index contributed by atoms with van der Waals surface area (Å²) in [6.07, 6.45) is 0.699. The van der Waals surface area contributed by atoms with Crippen molar-refractivity contribution >= 4 is 23.2 Å². The van der Waals surface area contributed by atoms with Crippen LogP contribution >= 0.6 is 11.3 Å². The molecule has 2 rings (SSSR count). The molecule has 1 aromatic heterocycles. The lowest BCUT2D eigenvalue weighted by atomic mass is 9.98. The number of amides is 2. The number of piperazine rings is 1. The van der Waals surface area contributed by atoms with Gasteiger partial charge in [-0.1, -0.05) is 13.8 Å². The summed E-state index contributed by atoms with van der Waals surface area (Å²) in [6, 6.07) is -0.354. The minimum atomic E-state index is -0.354. The Kier molecular flexibility index (Phi) is 4.98. The first-order valence-electron chi connectivity index (χ1n) is 7.41. The highest BCUT2D eigenvalue weighted by atomic mass is 32.1. The molecule has 1 atom stereocenters. The van der Waals surface area contributed by atoms with E-state index in [1.165, 1.54) is 0 Å². The molecule has 21 heavy (non-hydrogen) atoms. The molecule has 0 spiro atoms. The summed E-state index contributed by atoms with van der Waals surface area (Å²) in [4.78, 5) is 32.8. The first-order chi connectivity index (χ1) is 9.92. The smallest absolute Gasteiger partial charge is 0.245 e. The number of aromatic nitrogens is 1. The summed E-state index contributed by atoms with van der Waals surface area (Å²) >= 11 is 1.57. The minimum Gasteiger partial charge on any atom is -0.332 e. The van der Waals surface area contributed by atoms with Gasteiger partial charge in [0.2, 0.25) is 11.8 Å². The van der Waals surface area contributed by atoms with E-state index < -0.39 is 0 Å². The van der Waals surface area contributed by atoms with Gasteiger partial charge >= 0.3 is 0 Å². The summed E-state index contributed by atoms with van der Waals surface area (Å²) in [5.41, 5.74) is 0.873. The van der Waals surface area contributed by atoms with Crippen molar-refractivity contribution in [1.29, 1.82) is 0 Å². The lowest BCUT2D eigenvalue weighted by Gasteiger charge is -2.40. The van der Waals surface area contributed by atoms with Gasteiger partial charge < -0.3 is 9.80 Å². The van der Waals surface area contributed by atoms with E-state index in [1.54, 1.807) is 21.1 Å². The van der Waals surface area contributed by atoms with Gasteiger partial charge in [0.1, 0.15) is 6.04 Å². The second kappa shape index (κ2) is 6.56. The topological polar surface area (TPSA) is 53.5 Å². The third-order valence-electron chi connectivity index (χ3n) is 3.69. The van der Waals surface area contributed by atoms with E-state index in [1.807, 2.05) is 19.2 Å². The van der Waals surface area contributed by atoms with Crippen molar-refractivity contribution in [3.63, 3.8) is 0 Å². The third kappa shape index (κ3) is 3.61. The van der Waals surface area contributed by atoms with Crippen molar-refractivity contribution in [2.24, 2.45) is 5.92 Å². The molecule has 1 saturated heterocycles. The predicted octanol–water partition coefficient (Wildman–Crippen LogP) is 2.06. The predicted molar refractivity (Wildman–Crippen MR) is 82.9 cm³/mol. The Morgan fingerprint density at radius 1 is 1.43 bits per heavy atom. The molecule has 1 aliphatic rings. The van der Waals surface area contributed by atoms with Crippen LogP contribution in [0.5, 0.6) is 0 Å². The van der Waals surface area contributed by atoms with Gasteiger partial charge in [-0.05, 0) is 26.2 Å². The molecule has 0 bridgehead atoms. The largest absolute Gasteiger partial charge is 0.332 e. The molecule has 116 valence electrons. The summed E-state index contributed by atoms with van der Waals surface area (Å²) < 4.78 is 0. The number of rotatable bonds is 5. The van der Waals surface area contributed by atoms with Crippen molar-refractivity contribution in [3.8, 4) is 0 Å². The van der Waals surface area contributed by atoms with Gasteiger partial charge in [0, 0.05) is 11.9 Å².